The molecule has 0 fully saturated rings. The summed E-state index contributed by atoms with van der Waals surface area (Å²) in [6, 6.07) is 12.4. The van der Waals surface area contributed by atoms with Gasteiger partial charge in [0.1, 0.15) is 0 Å². The minimum atomic E-state index is -0.621. The maximum atomic E-state index is 12.6. The molecule has 0 saturated heterocycles. The summed E-state index contributed by atoms with van der Waals surface area (Å²) in [5.74, 6) is -0.433. The number of hydrogen-bond acceptors (Lipinski definition) is 3. The van der Waals surface area contributed by atoms with Crippen LogP contribution < -0.4 is 0 Å². The Morgan fingerprint density at radius 1 is 1.05 bits per heavy atom. The number of rotatable bonds is 1. The highest BCUT2D eigenvalue weighted by Crippen LogP contribution is 2.42. The summed E-state index contributed by atoms with van der Waals surface area (Å²) >= 11 is 0. The molecule has 1 aliphatic carbocycles. The van der Waals surface area contributed by atoms with Gasteiger partial charge < -0.3 is 10.2 Å². The van der Waals surface area contributed by atoms with Crippen LogP contribution in [-0.4, -0.2) is 16.0 Å². The van der Waals surface area contributed by atoms with Crippen molar-refractivity contribution in [3.8, 4) is 11.5 Å². The Bertz CT molecular complexity index is 661. The number of phenols is 2. The first-order valence-electron chi connectivity index (χ1n) is 6.17. The van der Waals surface area contributed by atoms with Crippen LogP contribution in [0.3, 0.4) is 0 Å². The lowest BCUT2D eigenvalue weighted by atomic mass is 9.79. The fourth-order valence-electron chi connectivity index (χ4n) is 2.78. The molecule has 0 bridgehead atoms. The number of fused-ring (bicyclic) bond motifs is 1. The topological polar surface area (TPSA) is 57.5 Å². The van der Waals surface area contributed by atoms with Crippen LogP contribution >= 0.6 is 0 Å². The Labute approximate surface area is 111 Å². The zero-order valence-corrected chi connectivity index (χ0v) is 10.6. The van der Waals surface area contributed by atoms with Gasteiger partial charge in [0.2, 0.25) is 0 Å². The Morgan fingerprint density at radius 2 is 1.68 bits per heavy atom. The van der Waals surface area contributed by atoms with Gasteiger partial charge in [0, 0.05) is 5.56 Å². The van der Waals surface area contributed by atoms with E-state index in [9.17, 15) is 15.0 Å². The first-order chi connectivity index (χ1) is 9.02. The first kappa shape index (κ1) is 11.8. The Morgan fingerprint density at radius 3 is 2.37 bits per heavy atom. The second-order valence-corrected chi connectivity index (χ2v) is 5.20. The van der Waals surface area contributed by atoms with Crippen molar-refractivity contribution in [3.63, 3.8) is 0 Å². The number of carbonyl (C=O) groups is 1. The predicted octanol–water partition coefficient (Wildman–Crippen LogP) is 2.79. The maximum Gasteiger partial charge on any atom is 0.173 e. The second kappa shape index (κ2) is 3.85. The third-order valence-electron chi connectivity index (χ3n) is 3.90. The Balaban J connectivity index is 2.13. The minimum absolute atomic E-state index is 0.0102. The summed E-state index contributed by atoms with van der Waals surface area (Å²) in [6.07, 6.45) is 0.541. The molecule has 0 amide bonds. The molecule has 19 heavy (non-hydrogen) atoms. The van der Waals surface area contributed by atoms with E-state index >= 15 is 0 Å². The van der Waals surface area contributed by atoms with Crippen molar-refractivity contribution < 1.29 is 15.0 Å². The largest absolute Gasteiger partial charge is 0.504 e. The molecule has 96 valence electrons. The van der Waals surface area contributed by atoms with Crippen molar-refractivity contribution in [2.24, 2.45) is 0 Å². The maximum absolute atomic E-state index is 12.6. The smallest absolute Gasteiger partial charge is 0.173 e. The van der Waals surface area contributed by atoms with Crippen LogP contribution in [0.5, 0.6) is 11.5 Å². The Hall–Kier alpha value is -2.29. The van der Waals surface area contributed by atoms with Gasteiger partial charge in [-0.15, -0.1) is 0 Å². The zero-order chi connectivity index (χ0) is 13.6. The lowest BCUT2D eigenvalue weighted by molar-refractivity contribution is 0.0915. The molecule has 0 aliphatic heterocycles. The number of hydrogen-bond donors (Lipinski definition) is 2. The summed E-state index contributed by atoms with van der Waals surface area (Å²) in [4.78, 5) is 12.6. The summed E-state index contributed by atoms with van der Waals surface area (Å²) < 4.78 is 0. The van der Waals surface area contributed by atoms with Gasteiger partial charge in [-0.3, -0.25) is 4.79 Å². The SMILES string of the molecule is CC1(c2ccccc2)Cc2cc(O)c(O)cc2C1=O. The summed E-state index contributed by atoms with van der Waals surface area (Å²) in [6.45, 7) is 1.90. The number of ketones is 1. The fourth-order valence-corrected chi connectivity index (χ4v) is 2.78. The molecule has 0 spiro atoms. The van der Waals surface area contributed by atoms with E-state index < -0.39 is 5.41 Å². The van der Waals surface area contributed by atoms with E-state index in [0.29, 0.717) is 12.0 Å². The summed E-state index contributed by atoms with van der Waals surface area (Å²) in [5, 5.41) is 19.1. The molecular formula is C16H14O3. The predicted molar refractivity (Wildman–Crippen MR) is 71.6 cm³/mol. The molecule has 0 aromatic heterocycles. The molecule has 2 aromatic carbocycles. The van der Waals surface area contributed by atoms with Gasteiger partial charge in [0.05, 0.1) is 5.41 Å². The lowest BCUT2D eigenvalue weighted by Crippen LogP contribution is -2.29. The van der Waals surface area contributed by atoms with Gasteiger partial charge in [-0.1, -0.05) is 30.3 Å². The van der Waals surface area contributed by atoms with Crippen LogP contribution in [0, 0.1) is 0 Å². The Kier molecular flexibility index (Phi) is 2.39. The average Bonchev–Trinajstić information content (AvgIpc) is 2.65. The highest BCUT2D eigenvalue weighted by molar-refractivity contribution is 6.08. The molecule has 0 saturated carbocycles. The third-order valence-corrected chi connectivity index (χ3v) is 3.90. The number of aromatic hydroxyl groups is 2. The van der Waals surface area contributed by atoms with Crippen LogP contribution in [0.25, 0.3) is 0 Å². The minimum Gasteiger partial charge on any atom is -0.504 e. The van der Waals surface area contributed by atoms with Crippen LogP contribution in [0.15, 0.2) is 42.5 Å². The van der Waals surface area contributed by atoms with Crippen molar-refractivity contribution in [2.75, 3.05) is 0 Å². The molecule has 3 heteroatoms. The number of benzene rings is 2. The lowest BCUT2D eigenvalue weighted by Gasteiger charge is -2.22. The molecule has 3 rings (SSSR count). The van der Waals surface area contributed by atoms with Crippen LogP contribution in [0.1, 0.15) is 28.4 Å². The molecule has 2 aromatic rings. The van der Waals surface area contributed by atoms with E-state index in [2.05, 4.69) is 0 Å². The van der Waals surface area contributed by atoms with Crippen LogP contribution in [0.4, 0.5) is 0 Å². The van der Waals surface area contributed by atoms with Gasteiger partial charge in [-0.25, -0.2) is 0 Å². The molecule has 3 nitrogen and oxygen atoms in total. The molecule has 1 unspecified atom stereocenters. The van der Waals surface area contributed by atoms with Gasteiger partial charge >= 0.3 is 0 Å². The second-order valence-electron chi connectivity index (χ2n) is 5.20. The van der Waals surface area contributed by atoms with E-state index in [0.717, 1.165) is 11.1 Å². The first-order valence-corrected chi connectivity index (χ1v) is 6.17. The highest BCUT2D eigenvalue weighted by Gasteiger charge is 2.43. The standard InChI is InChI=1S/C16H14O3/c1-16(11-5-3-2-4-6-11)9-10-7-13(17)14(18)8-12(10)15(16)19/h2-8,17-18H,9H2,1H3. The van der Waals surface area contributed by atoms with Crippen molar-refractivity contribution in [1.29, 1.82) is 0 Å². The number of carbonyl (C=O) groups excluding carboxylic acids is 1. The van der Waals surface area contributed by atoms with Gasteiger partial charge in [0.25, 0.3) is 0 Å². The monoisotopic (exact) mass is 254 g/mol. The van der Waals surface area contributed by atoms with E-state index in [1.54, 1.807) is 0 Å². The van der Waals surface area contributed by atoms with Crippen molar-refractivity contribution in [2.45, 2.75) is 18.8 Å². The van der Waals surface area contributed by atoms with E-state index in [-0.39, 0.29) is 17.3 Å². The molecule has 0 radical (unpaired) electrons. The highest BCUT2D eigenvalue weighted by atomic mass is 16.3. The number of Topliss-reactive ketones (excluding diaryl/α,β-unsaturated/α-hetero) is 1. The van der Waals surface area contributed by atoms with Crippen LogP contribution in [-0.2, 0) is 11.8 Å². The van der Waals surface area contributed by atoms with Crippen molar-refractivity contribution >= 4 is 5.78 Å². The van der Waals surface area contributed by atoms with E-state index in [4.69, 9.17) is 0 Å². The van der Waals surface area contributed by atoms with Gasteiger partial charge in [-0.2, -0.15) is 0 Å². The quantitative estimate of drug-likeness (QED) is 0.769. The third kappa shape index (κ3) is 1.62. The van der Waals surface area contributed by atoms with Crippen LogP contribution in [0.2, 0.25) is 0 Å². The number of phenolic OH excluding ortho intramolecular Hbond substituents is 2. The van der Waals surface area contributed by atoms with E-state index in [1.807, 2.05) is 37.3 Å². The molecule has 0 heterocycles. The molecule has 1 aliphatic rings. The molecule has 2 N–H and O–H groups in total. The average molecular weight is 254 g/mol. The van der Waals surface area contributed by atoms with Gasteiger partial charge in [-0.05, 0) is 36.6 Å². The molecule has 1 atom stereocenters. The molecular weight excluding hydrogens is 240 g/mol. The van der Waals surface area contributed by atoms with E-state index in [1.165, 1.54) is 12.1 Å². The van der Waals surface area contributed by atoms with Gasteiger partial charge in [0.15, 0.2) is 17.3 Å². The normalized spacial score (nSPS) is 21.4. The summed E-state index contributed by atoms with van der Waals surface area (Å²) in [5.41, 5.74) is 1.62. The summed E-state index contributed by atoms with van der Waals surface area (Å²) in [7, 11) is 0. The van der Waals surface area contributed by atoms with Crippen molar-refractivity contribution in [1.82, 2.24) is 0 Å². The zero-order valence-electron chi connectivity index (χ0n) is 10.6. The fraction of sp³-hybridized carbons (Fsp3) is 0.188. The van der Waals surface area contributed by atoms with Crippen molar-refractivity contribution in [3.05, 3.63) is 59.2 Å².